The summed E-state index contributed by atoms with van der Waals surface area (Å²) in [7, 11) is 0. The lowest BCUT2D eigenvalue weighted by atomic mass is 9.83. The molecule has 2 aromatic rings. The fraction of sp³-hybridized carbons (Fsp3) is 0.333. The first-order valence-electron chi connectivity index (χ1n) is 7.08. The largest absolute Gasteiger partial charge is 0.0836 e. The average molecular weight is 236 g/mol. The standard InChI is InChI=1S/C18H20/c1-3-13-15-9-5-7-11-17(15)14(4-2)18-12-8-6-10-16(13)18/h5-7,9-11H,3-4,8,12H2,1-2H3. The SMILES string of the molecule is CCc1c2c(c(CC)c3ccccc13)CCC=C2. The van der Waals surface area contributed by atoms with Crippen LogP contribution in [0, 0.1) is 0 Å². The first kappa shape index (κ1) is 11.5. The second-order valence-corrected chi connectivity index (χ2v) is 5.04. The van der Waals surface area contributed by atoms with Crippen molar-refractivity contribution in [2.45, 2.75) is 39.5 Å². The molecule has 0 spiro atoms. The van der Waals surface area contributed by atoms with Crippen LogP contribution in [0.15, 0.2) is 30.3 Å². The van der Waals surface area contributed by atoms with Crippen molar-refractivity contribution >= 4 is 16.8 Å². The van der Waals surface area contributed by atoms with Crippen LogP contribution < -0.4 is 0 Å². The third-order valence-electron chi connectivity index (χ3n) is 4.14. The second-order valence-electron chi connectivity index (χ2n) is 5.04. The molecule has 1 aliphatic rings. The van der Waals surface area contributed by atoms with Gasteiger partial charge < -0.3 is 0 Å². The summed E-state index contributed by atoms with van der Waals surface area (Å²) in [6, 6.07) is 8.92. The fourth-order valence-electron chi connectivity index (χ4n) is 3.36. The van der Waals surface area contributed by atoms with Crippen molar-refractivity contribution in [1.29, 1.82) is 0 Å². The lowest BCUT2D eigenvalue weighted by molar-refractivity contribution is 0.943. The van der Waals surface area contributed by atoms with Crippen LogP contribution in [0.1, 0.15) is 42.5 Å². The van der Waals surface area contributed by atoms with Gasteiger partial charge in [-0.05, 0) is 58.7 Å². The lowest BCUT2D eigenvalue weighted by Crippen LogP contribution is -2.05. The van der Waals surface area contributed by atoms with Crippen LogP contribution in [0.25, 0.3) is 16.8 Å². The van der Waals surface area contributed by atoms with Crippen LogP contribution in [0.4, 0.5) is 0 Å². The molecular formula is C18H20. The Kier molecular flexibility index (Phi) is 2.95. The van der Waals surface area contributed by atoms with E-state index in [-0.39, 0.29) is 0 Å². The third-order valence-corrected chi connectivity index (χ3v) is 4.14. The van der Waals surface area contributed by atoms with Crippen molar-refractivity contribution in [2.24, 2.45) is 0 Å². The Bertz CT molecular complexity index is 617. The molecular weight excluding hydrogens is 216 g/mol. The molecule has 0 nitrogen and oxygen atoms in total. The van der Waals surface area contributed by atoms with Gasteiger partial charge in [0.25, 0.3) is 0 Å². The molecule has 0 aromatic heterocycles. The number of allylic oxidation sites excluding steroid dienone is 1. The van der Waals surface area contributed by atoms with Crippen molar-refractivity contribution in [2.75, 3.05) is 0 Å². The summed E-state index contributed by atoms with van der Waals surface area (Å²) in [5.41, 5.74) is 6.23. The van der Waals surface area contributed by atoms with Crippen LogP contribution in [-0.2, 0) is 19.3 Å². The van der Waals surface area contributed by atoms with Gasteiger partial charge >= 0.3 is 0 Å². The summed E-state index contributed by atoms with van der Waals surface area (Å²) in [6.07, 6.45) is 9.35. The van der Waals surface area contributed by atoms with E-state index in [0.717, 1.165) is 12.8 Å². The Morgan fingerprint density at radius 3 is 2.28 bits per heavy atom. The smallest absolute Gasteiger partial charge is 0.0143 e. The van der Waals surface area contributed by atoms with E-state index in [1.165, 1.54) is 34.7 Å². The van der Waals surface area contributed by atoms with Gasteiger partial charge in [-0.15, -0.1) is 0 Å². The predicted octanol–water partition coefficient (Wildman–Crippen LogP) is 4.92. The highest BCUT2D eigenvalue weighted by Gasteiger charge is 2.16. The molecule has 18 heavy (non-hydrogen) atoms. The van der Waals surface area contributed by atoms with Crippen molar-refractivity contribution in [3.63, 3.8) is 0 Å². The van der Waals surface area contributed by atoms with E-state index in [4.69, 9.17) is 0 Å². The minimum Gasteiger partial charge on any atom is -0.0836 e. The molecule has 0 heteroatoms. The molecule has 0 heterocycles. The molecule has 2 aromatic carbocycles. The van der Waals surface area contributed by atoms with Gasteiger partial charge in [-0.1, -0.05) is 50.3 Å². The molecule has 0 bridgehead atoms. The van der Waals surface area contributed by atoms with E-state index in [1.54, 1.807) is 11.1 Å². The summed E-state index contributed by atoms with van der Waals surface area (Å²) in [4.78, 5) is 0. The molecule has 0 saturated carbocycles. The zero-order valence-corrected chi connectivity index (χ0v) is 11.3. The third kappa shape index (κ3) is 1.59. The summed E-state index contributed by atoms with van der Waals surface area (Å²) in [5.74, 6) is 0. The zero-order chi connectivity index (χ0) is 12.5. The van der Waals surface area contributed by atoms with Gasteiger partial charge in [-0.2, -0.15) is 0 Å². The summed E-state index contributed by atoms with van der Waals surface area (Å²) >= 11 is 0. The van der Waals surface area contributed by atoms with Crippen molar-refractivity contribution < 1.29 is 0 Å². The normalized spacial score (nSPS) is 13.9. The maximum atomic E-state index is 2.35. The topological polar surface area (TPSA) is 0 Å². The number of aryl methyl sites for hydroxylation is 2. The minimum absolute atomic E-state index is 1.12. The zero-order valence-electron chi connectivity index (χ0n) is 11.3. The van der Waals surface area contributed by atoms with Gasteiger partial charge in [0.1, 0.15) is 0 Å². The highest BCUT2D eigenvalue weighted by atomic mass is 14.2. The second kappa shape index (κ2) is 4.61. The highest BCUT2D eigenvalue weighted by molar-refractivity contribution is 5.93. The molecule has 0 atom stereocenters. The van der Waals surface area contributed by atoms with Gasteiger partial charge in [-0.3, -0.25) is 0 Å². The summed E-state index contributed by atoms with van der Waals surface area (Å²) < 4.78 is 0. The van der Waals surface area contributed by atoms with Crippen molar-refractivity contribution in [3.8, 4) is 0 Å². The Morgan fingerprint density at radius 1 is 0.944 bits per heavy atom. The lowest BCUT2D eigenvalue weighted by Gasteiger charge is -2.22. The van der Waals surface area contributed by atoms with E-state index in [9.17, 15) is 0 Å². The molecule has 1 aliphatic carbocycles. The molecule has 3 rings (SSSR count). The van der Waals surface area contributed by atoms with Gasteiger partial charge in [0.05, 0.1) is 0 Å². The van der Waals surface area contributed by atoms with Crippen molar-refractivity contribution in [3.05, 3.63) is 52.6 Å². The fourth-order valence-corrected chi connectivity index (χ4v) is 3.36. The molecule has 0 N–H and O–H groups in total. The first-order valence-corrected chi connectivity index (χ1v) is 7.08. The summed E-state index contributed by atoms with van der Waals surface area (Å²) in [6.45, 7) is 4.56. The molecule has 0 amide bonds. The Labute approximate surface area is 109 Å². The van der Waals surface area contributed by atoms with Gasteiger partial charge in [0.15, 0.2) is 0 Å². The molecule has 0 aliphatic heterocycles. The monoisotopic (exact) mass is 236 g/mol. The van der Waals surface area contributed by atoms with Crippen LogP contribution >= 0.6 is 0 Å². The molecule has 0 unspecified atom stereocenters. The minimum atomic E-state index is 1.12. The number of benzene rings is 2. The maximum Gasteiger partial charge on any atom is -0.0143 e. The number of hydrogen-bond acceptors (Lipinski definition) is 0. The number of hydrogen-bond donors (Lipinski definition) is 0. The van der Waals surface area contributed by atoms with E-state index >= 15 is 0 Å². The molecule has 0 radical (unpaired) electrons. The maximum absolute atomic E-state index is 2.35. The van der Waals surface area contributed by atoms with Crippen LogP contribution in [0.5, 0.6) is 0 Å². The van der Waals surface area contributed by atoms with Gasteiger partial charge in [0.2, 0.25) is 0 Å². The Balaban J connectivity index is 2.47. The predicted molar refractivity (Wildman–Crippen MR) is 80.1 cm³/mol. The Morgan fingerprint density at radius 2 is 1.61 bits per heavy atom. The van der Waals surface area contributed by atoms with Crippen molar-refractivity contribution in [1.82, 2.24) is 0 Å². The molecule has 0 saturated heterocycles. The van der Waals surface area contributed by atoms with Crippen LogP contribution in [0.3, 0.4) is 0 Å². The quantitative estimate of drug-likeness (QED) is 0.694. The average Bonchev–Trinajstić information content (AvgIpc) is 2.44. The Hall–Kier alpha value is -1.56. The van der Waals surface area contributed by atoms with Crippen LogP contribution in [0.2, 0.25) is 0 Å². The molecule has 92 valence electrons. The van der Waals surface area contributed by atoms with Gasteiger partial charge in [0, 0.05) is 0 Å². The van der Waals surface area contributed by atoms with E-state index in [0.29, 0.717) is 0 Å². The molecule has 0 fully saturated rings. The summed E-state index contributed by atoms with van der Waals surface area (Å²) in [5, 5.41) is 2.94. The number of fused-ring (bicyclic) bond motifs is 2. The van der Waals surface area contributed by atoms with Crippen LogP contribution in [-0.4, -0.2) is 0 Å². The van der Waals surface area contributed by atoms with Gasteiger partial charge in [-0.25, -0.2) is 0 Å². The number of rotatable bonds is 2. The van der Waals surface area contributed by atoms with E-state index in [2.05, 4.69) is 50.3 Å². The first-order chi connectivity index (χ1) is 8.86. The van der Waals surface area contributed by atoms with E-state index < -0.39 is 0 Å². The highest BCUT2D eigenvalue weighted by Crippen LogP contribution is 2.35. The van der Waals surface area contributed by atoms with E-state index in [1.807, 2.05) is 0 Å².